The van der Waals surface area contributed by atoms with Crippen LogP contribution >= 0.6 is 0 Å². The van der Waals surface area contributed by atoms with Crippen molar-refractivity contribution in [3.05, 3.63) is 24.2 Å². The first-order valence-corrected chi connectivity index (χ1v) is 4.76. The van der Waals surface area contributed by atoms with Crippen molar-refractivity contribution >= 4 is 5.91 Å². The number of amides is 1. The van der Waals surface area contributed by atoms with Gasteiger partial charge < -0.3 is 9.73 Å². The lowest BCUT2D eigenvalue weighted by atomic mass is 10.3. The molecule has 0 saturated heterocycles. The largest absolute Gasteiger partial charge is 0.459 e. The van der Waals surface area contributed by atoms with Gasteiger partial charge in [0.05, 0.1) is 18.9 Å². The van der Waals surface area contributed by atoms with E-state index in [1.807, 2.05) is 6.07 Å². The summed E-state index contributed by atoms with van der Waals surface area (Å²) in [5, 5.41) is 11.2. The molecular weight excluding hydrogens is 212 g/mol. The molecular formula is C10H12N2O4. The van der Waals surface area contributed by atoms with Gasteiger partial charge in [-0.2, -0.15) is 5.26 Å². The summed E-state index contributed by atoms with van der Waals surface area (Å²) >= 11 is 0. The SMILES string of the molecule is CCOOCC(C#N)NC(=O)c1ccco1. The number of hydrogen-bond acceptors (Lipinski definition) is 5. The fourth-order valence-electron chi connectivity index (χ4n) is 0.948. The van der Waals surface area contributed by atoms with Gasteiger partial charge in [-0.1, -0.05) is 0 Å². The van der Waals surface area contributed by atoms with Crippen molar-refractivity contribution in [3.8, 4) is 6.07 Å². The first kappa shape index (κ1) is 12.2. The highest BCUT2D eigenvalue weighted by molar-refractivity contribution is 5.91. The quantitative estimate of drug-likeness (QED) is 0.440. The van der Waals surface area contributed by atoms with E-state index in [1.165, 1.54) is 12.3 Å². The van der Waals surface area contributed by atoms with Crippen molar-refractivity contribution in [3.63, 3.8) is 0 Å². The van der Waals surface area contributed by atoms with E-state index >= 15 is 0 Å². The monoisotopic (exact) mass is 224 g/mol. The molecule has 1 amide bonds. The standard InChI is InChI=1S/C10H12N2O4/c1-2-15-16-7-8(6-11)12-10(13)9-4-3-5-14-9/h3-5,8H,2,7H2,1H3,(H,12,13). The Bertz CT molecular complexity index is 355. The lowest BCUT2D eigenvalue weighted by Gasteiger charge is -2.09. The molecule has 0 radical (unpaired) electrons. The zero-order valence-electron chi connectivity index (χ0n) is 8.80. The highest BCUT2D eigenvalue weighted by atomic mass is 17.2. The fourth-order valence-corrected chi connectivity index (χ4v) is 0.948. The molecule has 1 aromatic heterocycles. The molecule has 86 valence electrons. The number of carbonyl (C=O) groups excluding carboxylic acids is 1. The molecule has 0 saturated carbocycles. The van der Waals surface area contributed by atoms with Crippen LogP contribution in [0.3, 0.4) is 0 Å². The van der Waals surface area contributed by atoms with Gasteiger partial charge in [0.2, 0.25) is 0 Å². The van der Waals surface area contributed by atoms with Crippen LogP contribution in [0.25, 0.3) is 0 Å². The fraction of sp³-hybridized carbons (Fsp3) is 0.400. The molecule has 0 aliphatic heterocycles. The van der Waals surface area contributed by atoms with E-state index in [-0.39, 0.29) is 12.4 Å². The summed E-state index contributed by atoms with van der Waals surface area (Å²) in [4.78, 5) is 20.8. The van der Waals surface area contributed by atoms with Crippen LogP contribution in [-0.2, 0) is 9.78 Å². The van der Waals surface area contributed by atoms with Gasteiger partial charge in [-0.15, -0.1) is 0 Å². The summed E-state index contributed by atoms with van der Waals surface area (Å²) in [6.45, 7) is 2.10. The van der Waals surface area contributed by atoms with Gasteiger partial charge in [-0.25, -0.2) is 9.78 Å². The second kappa shape index (κ2) is 6.61. The number of nitriles is 1. The molecule has 0 fully saturated rings. The Labute approximate surface area is 92.7 Å². The van der Waals surface area contributed by atoms with Gasteiger partial charge in [0, 0.05) is 0 Å². The predicted octanol–water partition coefficient (Wildman–Crippen LogP) is 0.870. The second-order valence-electron chi connectivity index (χ2n) is 2.82. The van der Waals surface area contributed by atoms with E-state index < -0.39 is 11.9 Å². The van der Waals surface area contributed by atoms with Crippen molar-refractivity contribution in [2.45, 2.75) is 13.0 Å². The number of hydrogen-bond donors (Lipinski definition) is 1. The maximum absolute atomic E-state index is 11.5. The Morgan fingerprint density at radius 3 is 3.06 bits per heavy atom. The molecule has 1 heterocycles. The van der Waals surface area contributed by atoms with Gasteiger partial charge in [0.1, 0.15) is 12.6 Å². The summed E-state index contributed by atoms with van der Waals surface area (Å²) in [6.07, 6.45) is 1.38. The Morgan fingerprint density at radius 1 is 1.69 bits per heavy atom. The van der Waals surface area contributed by atoms with E-state index in [1.54, 1.807) is 13.0 Å². The van der Waals surface area contributed by atoms with E-state index in [9.17, 15) is 4.79 Å². The molecule has 1 atom stereocenters. The van der Waals surface area contributed by atoms with Crippen LogP contribution < -0.4 is 5.32 Å². The normalized spacial score (nSPS) is 11.8. The van der Waals surface area contributed by atoms with Gasteiger partial charge in [0.25, 0.3) is 5.91 Å². The number of nitrogens with one attached hydrogen (secondary N) is 1. The average molecular weight is 224 g/mol. The van der Waals surface area contributed by atoms with Crippen LogP contribution in [0.2, 0.25) is 0 Å². The van der Waals surface area contributed by atoms with Crippen LogP contribution in [0.5, 0.6) is 0 Å². The topological polar surface area (TPSA) is 84.5 Å². The van der Waals surface area contributed by atoms with Crippen LogP contribution in [-0.4, -0.2) is 25.2 Å². The molecule has 6 heteroatoms. The minimum absolute atomic E-state index is 0.0310. The molecule has 0 spiro atoms. The third-order valence-corrected chi connectivity index (χ3v) is 1.64. The highest BCUT2D eigenvalue weighted by Gasteiger charge is 2.15. The summed E-state index contributed by atoms with van der Waals surface area (Å²) in [7, 11) is 0. The molecule has 0 aliphatic carbocycles. The van der Waals surface area contributed by atoms with E-state index in [0.29, 0.717) is 6.61 Å². The van der Waals surface area contributed by atoms with Crippen molar-refractivity contribution in [2.75, 3.05) is 13.2 Å². The zero-order valence-corrected chi connectivity index (χ0v) is 8.80. The van der Waals surface area contributed by atoms with Crippen LogP contribution in [0.15, 0.2) is 22.8 Å². The van der Waals surface area contributed by atoms with E-state index in [4.69, 9.17) is 9.68 Å². The third kappa shape index (κ3) is 3.73. The van der Waals surface area contributed by atoms with Crippen molar-refractivity contribution < 1.29 is 19.0 Å². The van der Waals surface area contributed by atoms with Crippen molar-refractivity contribution in [1.82, 2.24) is 5.32 Å². The maximum atomic E-state index is 11.5. The first-order chi connectivity index (χ1) is 7.77. The van der Waals surface area contributed by atoms with Crippen molar-refractivity contribution in [1.29, 1.82) is 5.26 Å². The van der Waals surface area contributed by atoms with E-state index in [2.05, 4.69) is 15.1 Å². The zero-order chi connectivity index (χ0) is 11.8. The summed E-state index contributed by atoms with van der Waals surface area (Å²) in [5.74, 6) is -0.312. The Kier molecular flexibility index (Phi) is 5.05. The number of nitrogens with zero attached hydrogens (tertiary/aromatic N) is 1. The van der Waals surface area contributed by atoms with Gasteiger partial charge in [-0.3, -0.25) is 4.79 Å². The summed E-state index contributed by atoms with van der Waals surface area (Å²) in [5.41, 5.74) is 0. The maximum Gasteiger partial charge on any atom is 0.288 e. The first-order valence-electron chi connectivity index (χ1n) is 4.76. The van der Waals surface area contributed by atoms with Crippen molar-refractivity contribution in [2.24, 2.45) is 0 Å². The lowest BCUT2D eigenvalue weighted by Crippen LogP contribution is -2.37. The third-order valence-electron chi connectivity index (χ3n) is 1.64. The Hall–Kier alpha value is -1.84. The Balaban J connectivity index is 2.39. The average Bonchev–Trinajstić information content (AvgIpc) is 2.81. The second-order valence-corrected chi connectivity index (χ2v) is 2.82. The highest BCUT2D eigenvalue weighted by Crippen LogP contribution is 2.00. The lowest BCUT2D eigenvalue weighted by molar-refractivity contribution is -0.292. The minimum atomic E-state index is -0.774. The minimum Gasteiger partial charge on any atom is -0.459 e. The molecule has 16 heavy (non-hydrogen) atoms. The summed E-state index contributed by atoms with van der Waals surface area (Å²) in [6, 6.07) is 4.20. The molecule has 1 unspecified atom stereocenters. The van der Waals surface area contributed by atoms with Gasteiger partial charge >= 0.3 is 0 Å². The molecule has 1 rings (SSSR count). The molecule has 0 aliphatic rings. The summed E-state index contributed by atoms with van der Waals surface area (Å²) < 4.78 is 4.87. The van der Waals surface area contributed by atoms with E-state index in [0.717, 1.165) is 0 Å². The number of rotatable bonds is 6. The Morgan fingerprint density at radius 2 is 2.50 bits per heavy atom. The molecule has 6 nitrogen and oxygen atoms in total. The molecule has 1 aromatic rings. The van der Waals surface area contributed by atoms with Crippen LogP contribution in [0.4, 0.5) is 0 Å². The van der Waals surface area contributed by atoms with Crippen LogP contribution in [0, 0.1) is 11.3 Å². The number of furan rings is 1. The van der Waals surface area contributed by atoms with Gasteiger partial charge in [-0.05, 0) is 19.1 Å². The van der Waals surface area contributed by atoms with Crippen LogP contribution in [0.1, 0.15) is 17.5 Å². The molecule has 1 N–H and O–H groups in total. The van der Waals surface area contributed by atoms with Gasteiger partial charge in [0.15, 0.2) is 5.76 Å². The molecule has 0 bridgehead atoms. The smallest absolute Gasteiger partial charge is 0.288 e. The number of carbonyl (C=O) groups is 1. The molecule has 0 aromatic carbocycles. The predicted molar refractivity (Wildman–Crippen MR) is 53.2 cm³/mol.